The van der Waals surface area contributed by atoms with Gasteiger partial charge in [-0.1, -0.05) is 11.6 Å². The number of nitrogens with zero attached hydrogens (tertiary/aromatic N) is 1. The smallest absolute Gasteiger partial charge is 0.154 e. The van der Waals surface area contributed by atoms with Crippen LogP contribution in [0.3, 0.4) is 0 Å². The Morgan fingerprint density at radius 2 is 1.43 bits per heavy atom. The van der Waals surface area contributed by atoms with E-state index in [1.165, 1.54) is 0 Å². The van der Waals surface area contributed by atoms with Crippen molar-refractivity contribution in [1.29, 1.82) is 0 Å². The fourth-order valence-electron chi connectivity index (χ4n) is 0. The second-order valence-electron chi connectivity index (χ2n) is 2.41. The third kappa shape index (κ3) is 10.8. The van der Waals surface area contributed by atoms with Crippen molar-refractivity contribution in [3.8, 4) is 0 Å². The molecule has 0 aromatic rings. The van der Waals surface area contributed by atoms with Crippen LogP contribution in [0.5, 0.6) is 0 Å². The molecule has 0 N–H and O–H groups in total. The molecule has 3 heteroatoms. The van der Waals surface area contributed by atoms with Gasteiger partial charge >= 0.3 is 0 Å². The molecule has 0 aliphatic heterocycles. The molecule has 0 aromatic carbocycles. The largest absolute Gasteiger partial charge is 1.00 e. The van der Waals surface area contributed by atoms with E-state index in [9.17, 15) is 0 Å². The fourth-order valence-corrected chi connectivity index (χ4v) is 0. The van der Waals surface area contributed by atoms with Gasteiger partial charge < -0.3 is 16.9 Å². The first-order valence-electron chi connectivity index (χ1n) is 1.93. The van der Waals surface area contributed by atoms with Gasteiger partial charge in [0.1, 0.15) is 0 Å². The van der Waals surface area contributed by atoms with Crippen LogP contribution in [0, 0.1) is 0 Å². The fraction of sp³-hybridized carbons (Fsp3) is 1.00. The predicted molar refractivity (Wildman–Crippen MR) is 28.8 cm³/mol. The minimum absolute atomic E-state index is 0. The van der Waals surface area contributed by atoms with Gasteiger partial charge in [-0.2, -0.15) is 0 Å². The number of rotatable bonds is 1. The van der Waals surface area contributed by atoms with Gasteiger partial charge in [0, 0.05) is 0 Å². The zero-order chi connectivity index (χ0) is 5.21. The quantitative estimate of drug-likeness (QED) is 0.224. The topological polar surface area (TPSA) is 0 Å². The third-order valence-electron chi connectivity index (χ3n) is 0.359. The lowest BCUT2D eigenvalue weighted by Crippen LogP contribution is -3.00. The molecule has 0 unspecified atom stereocenters. The zero-order valence-electron chi connectivity index (χ0n) is 4.91. The van der Waals surface area contributed by atoms with Gasteiger partial charge in [0.15, 0.2) is 6.00 Å². The molecular formula is C4H11Cl2N. The Balaban J connectivity index is 0. The van der Waals surface area contributed by atoms with Crippen molar-refractivity contribution >= 4 is 11.6 Å². The first kappa shape index (κ1) is 10.5. The maximum absolute atomic E-state index is 5.45. The minimum atomic E-state index is 0. The SMILES string of the molecule is C[N+](C)(C)CCl.[Cl-]. The Hall–Kier alpha value is 0.540. The van der Waals surface area contributed by atoms with Crippen LogP contribution in [0.4, 0.5) is 0 Å². The van der Waals surface area contributed by atoms with Crippen LogP contribution >= 0.6 is 11.6 Å². The van der Waals surface area contributed by atoms with Crippen molar-refractivity contribution < 1.29 is 16.9 Å². The molecule has 46 valence electrons. The molecule has 0 saturated carbocycles. The number of quaternary nitrogens is 1. The molecule has 0 aromatic heterocycles. The predicted octanol–water partition coefficient (Wildman–Crippen LogP) is -2.11. The van der Waals surface area contributed by atoms with Gasteiger partial charge in [-0.25, -0.2) is 0 Å². The summed E-state index contributed by atoms with van der Waals surface area (Å²) in [5.74, 6) is 0. The van der Waals surface area contributed by atoms with Crippen LogP contribution in [-0.4, -0.2) is 31.6 Å². The van der Waals surface area contributed by atoms with E-state index in [2.05, 4.69) is 0 Å². The van der Waals surface area contributed by atoms with E-state index in [0.29, 0.717) is 6.00 Å². The van der Waals surface area contributed by atoms with Gasteiger partial charge in [0.25, 0.3) is 0 Å². The van der Waals surface area contributed by atoms with E-state index in [0.717, 1.165) is 4.48 Å². The van der Waals surface area contributed by atoms with Gasteiger partial charge in [-0.05, 0) is 0 Å². The second kappa shape index (κ2) is 3.53. The van der Waals surface area contributed by atoms with Crippen molar-refractivity contribution in [2.24, 2.45) is 0 Å². The van der Waals surface area contributed by atoms with E-state index >= 15 is 0 Å². The number of alkyl halides is 1. The van der Waals surface area contributed by atoms with E-state index in [-0.39, 0.29) is 12.4 Å². The highest BCUT2D eigenvalue weighted by Crippen LogP contribution is 1.89. The second-order valence-corrected chi connectivity index (χ2v) is 2.65. The minimum Gasteiger partial charge on any atom is -1.00 e. The summed E-state index contributed by atoms with van der Waals surface area (Å²) < 4.78 is 0.835. The molecule has 7 heavy (non-hydrogen) atoms. The van der Waals surface area contributed by atoms with Gasteiger partial charge in [0.05, 0.1) is 21.1 Å². The molecule has 0 aliphatic rings. The van der Waals surface area contributed by atoms with Crippen molar-refractivity contribution in [2.75, 3.05) is 27.1 Å². The molecule has 0 amide bonds. The average molecular weight is 144 g/mol. The van der Waals surface area contributed by atoms with Crippen LogP contribution < -0.4 is 12.4 Å². The van der Waals surface area contributed by atoms with Crippen LogP contribution in [0.1, 0.15) is 0 Å². The Bertz CT molecular complexity index is 39.4. The summed E-state index contributed by atoms with van der Waals surface area (Å²) in [6, 6.07) is 0.681. The zero-order valence-corrected chi connectivity index (χ0v) is 6.42. The molecule has 0 atom stereocenters. The van der Waals surface area contributed by atoms with Gasteiger partial charge in [-0.15, -0.1) is 0 Å². The molecule has 0 heterocycles. The summed E-state index contributed by atoms with van der Waals surface area (Å²) in [4.78, 5) is 0. The Labute approximate surface area is 56.3 Å². The van der Waals surface area contributed by atoms with Gasteiger partial charge in [-0.3, -0.25) is 0 Å². The molecule has 0 spiro atoms. The highest BCUT2D eigenvalue weighted by atomic mass is 35.5. The average Bonchev–Trinajstić information content (AvgIpc) is 1.35. The molecule has 1 nitrogen and oxygen atoms in total. The normalized spacial score (nSPS) is 10.3. The summed E-state index contributed by atoms with van der Waals surface area (Å²) in [5, 5.41) is 0. The molecule has 0 fully saturated rings. The number of hydrogen-bond acceptors (Lipinski definition) is 0. The van der Waals surface area contributed by atoms with Crippen LogP contribution in [0.25, 0.3) is 0 Å². The summed E-state index contributed by atoms with van der Waals surface area (Å²) in [6.07, 6.45) is 0. The summed E-state index contributed by atoms with van der Waals surface area (Å²) in [7, 11) is 6.15. The molecule has 0 aliphatic carbocycles. The summed E-state index contributed by atoms with van der Waals surface area (Å²) >= 11 is 5.45. The van der Waals surface area contributed by atoms with Crippen LogP contribution in [0.15, 0.2) is 0 Å². The highest BCUT2D eigenvalue weighted by molar-refractivity contribution is 6.16. The van der Waals surface area contributed by atoms with Crippen LogP contribution in [0.2, 0.25) is 0 Å². The van der Waals surface area contributed by atoms with Crippen molar-refractivity contribution in [2.45, 2.75) is 0 Å². The lowest BCUT2D eigenvalue weighted by molar-refractivity contribution is -0.858. The van der Waals surface area contributed by atoms with Crippen molar-refractivity contribution in [1.82, 2.24) is 0 Å². The molecule has 0 saturated heterocycles. The molecule has 0 rings (SSSR count). The first-order chi connectivity index (χ1) is 2.56. The van der Waals surface area contributed by atoms with E-state index in [4.69, 9.17) is 11.6 Å². The summed E-state index contributed by atoms with van der Waals surface area (Å²) in [6.45, 7) is 0. The standard InChI is InChI=1S/C4H11ClN.ClH/c1-6(2,3)4-5;/h4H2,1-3H3;1H/q+1;/p-1. The Morgan fingerprint density at radius 1 is 1.29 bits per heavy atom. The maximum Gasteiger partial charge on any atom is 0.154 e. The number of halogens is 2. The van der Waals surface area contributed by atoms with E-state index in [1.54, 1.807) is 0 Å². The van der Waals surface area contributed by atoms with Crippen LogP contribution in [-0.2, 0) is 0 Å². The molecule has 0 radical (unpaired) electrons. The Morgan fingerprint density at radius 3 is 1.43 bits per heavy atom. The molecular weight excluding hydrogens is 133 g/mol. The monoisotopic (exact) mass is 143 g/mol. The first-order valence-corrected chi connectivity index (χ1v) is 2.46. The molecule has 0 bridgehead atoms. The lowest BCUT2D eigenvalue weighted by Gasteiger charge is -2.18. The highest BCUT2D eigenvalue weighted by Gasteiger charge is 1.99. The van der Waals surface area contributed by atoms with Crippen molar-refractivity contribution in [3.05, 3.63) is 0 Å². The lowest BCUT2D eigenvalue weighted by atomic mass is 10.8. The van der Waals surface area contributed by atoms with E-state index in [1.807, 2.05) is 21.1 Å². The number of hydrogen-bond donors (Lipinski definition) is 0. The maximum atomic E-state index is 5.45. The van der Waals surface area contributed by atoms with E-state index < -0.39 is 0 Å². The summed E-state index contributed by atoms with van der Waals surface area (Å²) in [5.41, 5.74) is 0. The third-order valence-corrected chi connectivity index (χ3v) is 1.08. The Kier molecular flexibility index (Phi) is 5.30. The van der Waals surface area contributed by atoms with Gasteiger partial charge in [0.2, 0.25) is 0 Å². The van der Waals surface area contributed by atoms with Crippen molar-refractivity contribution in [3.63, 3.8) is 0 Å².